The summed E-state index contributed by atoms with van der Waals surface area (Å²) < 4.78 is 0. The number of nitriles is 1. The quantitative estimate of drug-likeness (QED) is 0.504. The minimum absolute atomic E-state index is 0.140. The fraction of sp³-hybridized carbons (Fsp3) is 0.846. The molecule has 0 aromatic carbocycles. The van der Waals surface area contributed by atoms with Crippen molar-refractivity contribution < 1.29 is 0 Å². The van der Waals surface area contributed by atoms with Crippen LogP contribution in [0.25, 0.3) is 0 Å². The molecule has 0 saturated carbocycles. The summed E-state index contributed by atoms with van der Waals surface area (Å²) in [5.41, 5.74) is 0. The summed E-state index contributed by atoms with van der Waals surface area (Å²) in [5, 5.41) is 15.4. The molecular weight excluding hydrogens is 212 g/mol. The molecule has 0 fully saturated rings. The van der Waals surface area contributed by atoms with Crippen LogP contribution in [0.3, 0.4) is 0 Å². The van der Waals surface area contributed by atoms with E-state index in [1.807, 2.05) is 0 Å². The first kappa shape index (κ1) is 13.8. The van der Waals surface area contributed by atoms with E-state index in [1.54, 1.807) is 11.2 Å². The molecule has 0 bridgehead atoms. The Bertz CT molecular complexity index is 280. The fourth-order valence-corrected chi connectivity index (χ4v) is 2.08. The van der Waals surface area contributed by atoms with Crippen molar-refractivity contribution in [2.24, 2.45) is 11.0 Å². The third-order valence-electron chi connectivity index (χ3n) is 3.03. The second kappa shape index (κ2) is 7.16. The zero-order valence-electron chi connectivity index (χ0n) is 11.3. The topological polar surface area (TPSA) is 42.6 Å². The molecular formula is C13H24N4. The van der Waals surface area contributed by atoms with Gasteiger partial charge in [0.25, 0.3) is 0 Å². The Morgan fingerprint density at radius 3 is 2.71 bits per heavy atom. The first-order valence-corrected chi connectivity index (χ1v) is 6.67. The highest BCUT2D eigenvalue weighted by Crippen LogP contribution is 2.20. The van der Waals surface area contributed by atoms with Crippen molar-refractivity contribution in [3.63, 3.8) is 0 Å². The van der Waals surface area contributed by atoms with Gasteiger partial charge in [0.05, 0.1) is 0 Å². The molecule has 4 nitrogen and oxygen atoms in total. The van der Waals surface area contributed by atoms with Crippen LogP contribution < -0.4 is 0 Å². The van der Waals surface area contributed by atoms with E-state index in [2.05, 4.69) is 37.1 Å². The highest BCUT2D eigenvalue weighted by molar-refractivity contribution is 5.59. The van der Waals surface area contributed by atoms with Gasteiger partial charge in [0, 0.05) is 6.54 Å². The Labute approximate surface area is 105 Å². The molecule has 0 spiro atoms. The average Bonchev–Trinajstić information content (AvgIpc) is 2.66. The smallest absolute Gasteiger partial charge is 0.187 e. The summed E-state index contributed by atoms with van der Waals surface area (Å²) in [6, 6.07) is 0. The van der Waals surface area contributed by atoms with Crippen molar-refractivity contribution >= 4 is 6.34 Å². The molecule has 0 aliphatic carbocycles. The summed E-state index contributed by atoms with van der Waals surface area (Å²) in [6.07, 6.45) is 9.94. The number of hydrogen-bond donors (Lipinski definition) is 0. The number of hydrogen-bond acceptors (Lipinski definition) is 4. The van der Waals surface area contributed by atoms with E-state index in [-0.39, 0.29) is 6.17 Å². The van der Waals surface area contributed by atoms with Gasteiger partial charge in [-0.3, -0.25) is 5.01 Å². The Morgan fingerprint density at radius 2 is 2.12 bits per heavy atom. The van der Waals surface area contributed by atoms with Gasteiger partial charge < -0.3 is 0 Å². The van der Waals surface area contributed by atoms with Crippen LogP contribution in [-0.2, 0) is 0 Å². The van der Waals surface area contributed by atoms with Gasteiger partial charge in [0.15, 0.2) is 6.19 Å². The molecule has 1 unspecified atom stereocenters. The molecule has 1 aliphatic rings. The number of rotatable bonds is 7. The molecule has 1 aliphatic heterocycles. The van der Waals surface area contributed by atoms with E-state index >= 15 is 0 Å². The molecule has 0 aromatic heterocycles. The zero-order valence-corrected chi connectivity index (χ0v) is 11.3. The molecule has 0 radical (unpaired) electrons. The van der Waals surface area contributed by atoms with Crippen LogP contribution in [0.4, 0.5) is 0 Å². The maximum atomic E-state index is 9.03. The van der Waals surface area contributed by atoms with Crippen molar-refractivity contribution in [1.82, 2.24) is 9.91 Å². The fourth-order valence-electron chi connectivity index (χ4n) is 2.08. The van der Waals surface area contributed by atoms with Crippen LogP contribution in [0.1, 0.15) is 52.9 Å². The van der Waals surface area contributed by atoms with Crippen LogP contribution >= 0.6 is 0 Å². The van der Waals surface area contributed by atoms with Crippen molar-refractivity contribution in [1.29, 1.82) is 5.26 Å². The summed E-state index contributed by atoms with van der Waals surface area (Å²) >= 11 is 0. The molecule has 0 saturated heterocycles. The minimum Gasteiger partial charge on any atom is -0.272 e. The second-order valence-electron chi connectivity index (χ2n) is 5.07. The van der Waals surface area contributed by atoms with E-state index in [0.717, 1.165) is 13.0 Å². The Kier molecular flexibility index (Phi) is 5.82. The molecule has 0 amide bonds. The molecule has 1 rings (SSSR count). The number of hydrazone groups is 1. The molecule has 4 heteroatoms. The standard InChI is InChI=1S/C13H24N4/c1-4-5-6-7-8-17-13(9-12(2)3)16(10-14)11-15-17/h11-13H,4-9H2,1-3H3. The lowest BCUT2D eigenvalue weighted by Crippen LogP contribution is -2.38. The van der Waals surface area contributed by atoms with Crippen molar-refractivity contribution in [3.05, 3.63) is 0 Å². The second-order valence-corrected chi connectivity index (χ2v) is 5.07. The minimum atomic E-state index is 0.140. The first-order valence-electron chi connectivity index (χ1n) is 6.67. The highest BCUT2D eigenvalue weighted by Gasteiger charge is 2.28. The van der Waals surface area contributed by atoms with E-state index in [1.165, 1.54) is 25.7 Å². The van der Waals surface area contributed by atoms with Crippen LogP contribution in [0, 0.1) is 17.4 Å². The van der Waals surface area contributed by atoms with Gasteiger partial charge in [-0.2, -0.15) is 10.4 Å². The number of unbranched alkanes of at least 4 members (excludes halogenated alkanes) is 3. The normalized spacial score (nSPS) is 19.1. The van der Waals surface area contributed by atoms with E-state index < -0.39 is 0 Å². The molecule has 1 atom stereocenters. The predicted molar refractivity (Wildman–Crippen MR) is 70.0 cm³/mol. The molecule has 0 aromatic rings. The number of nitrogens with zero attached hydrogens (tertiary/aromatic N) is 4. The van der Waals surface area contributed by atoms with Gasteiger partial charge in [-0.05, 0) is 18.8 Å². The van der Waals surface area contributed by atoms with Crippen LogP contribution in [-0.4, -0.2) is 29.0 Å². The summed E-state index contributed by atoms with van der Waals surface area (Å²) in [4.78, 5) is 1.67. The van der Waals surface area contributed by atoms with Gasteiger partial charge in [-0.15, -0.1) is 0 Å². The van der Waals surface area contributed by atoms with Crippen LogP contribution in [0.5, 0.6) is 0 Å². The predicted octanol–water partition coefficient (Wildman–Crippen LogP) is 2.98. The molecule has 96 valence electrons. The van der Waals surface area contributed by atoms with Crippen molar-refractivity contribution in [2.75, 3.05) is 6.54 Å². The first-order chi connectivity index (χ1) is 8.19. The summed E-state index contributed by atoms with van der Waals surface area (Å²) in [7, 11) is 0. The Balaban J connectivity index is 2.41. The summed E-state index contributed by atoms with van der Waals surface area (Å²) in [5.74, 6) is 0.579. The van der Waals surface area contributed by atoms with Gasteiger partial charge in [-0.25, -0.2) is 4.90 Å². The maximum absolute atomic E-state index is 9.03. The van der Waals surface area contributed by atoms with Crippen molar-refractivity contribution in [3.8, 4) is 6.19 Å². The lowest BCUT2D eigenvalue weighted by atomic mass is 10.1. The zero-order chi connectivity index (χ0) is 12.7. The lowest BCUT2D eigenvalue weighted by Gasteiger charge is -2.27. The largest absolute Gasteiger partial charge is 0.272 e. The van der Waals surface area contributed by atoms with Gasteiger partial charge in [0.2, 0.25) is 0 Å². The van der Waals surface area contributed by atoms with E-state index in [4.69, 9.17) is 5.26 Å². The highest BCUT2D eigenvalue weighted by atomic mass is 15.6. The third-order valence-corrected chi connectivity index (χ3v) is 3.03. The average molecular weight is 236 g/mol. The maximum Gasteiger partial charge on any atom is 0.187 e. The summed E-state index contributed by atoms with van der Waals surface area (Å²) in [6.45, 7) is 7.55. The molecule has 0 N–H and O–H groups in total. The van der Waals surface area contributed by atoms with E-state index in [0.29, 0.717) is 5.92 Å². The van der Waals surface area contributed by atoms with Crippen LogP contribution in [0.15, 0.2) is 5.10 Å². The SMILES string of the molecule is CCCCCCN1N=CN(C#N)C1CC(C)C. The van der Waals surface area contributed by atoms with Crippen LogP contribution in [0.2, 0.25) is 0 Å². The Morgan fingerprint density at radius 1 is 1.35 bits per heavy atom. The van der Waals surface area contributed by atoms with Gasteiger partial charge in [-0.1, -0.05) is 40.0 Å². The van der Waals surface area contributed by atoms with E-state index in [9.17, 15) is 0 Å². The molecule has 17 heavy (non-hydrogen) atoms. The Hall–Kier alpha value is -1.24. The molecule has 1 heterocycles. The van der Waals surface area contributed by atoms with Crippen molar-refractivity contribution in [2.45, 2.75) is 59.0 Å². The van der Waals surface area contributed by atoms with Gasteiger partial charge in [0.1, 0.15) is 12.5 Å². The lowest BCUT2D eigenvalue weighted by molar-refractivity contribution is 0.136. The monoisotopic (exact) mass is 236 g/mol. The third kappa shape index (κ3) is 4.26. The van der Waals surface area contributed by atoms with Gasteiger partial charge >= 0.3 is 0 Å².